The number of ether oxygens (including phenoxy) is 1. The lowest BCUT2D eigenvalue weighted by atomic mass is 10.1. The van der Waals surface area contributed by atoms with Gasteiger partial charge in [0.15, 0.2) is 0 Å². The van der Waals surface area contributed by atoms with Crippen LogP contribution in [0.2, 0.25) is 0 Å². The fourth-order valence-corrected chi connectivity index (χ4v) is 4.11. The Bertz CT molecular complexity index is 1170. The molecule has 1 N–H and O–H groups in total. The number of amides is 1. The first-order valence-electron chi connectivity index (χ1n) is 10.0. The van der Waals surface area contributed by atoms with Crippen LogP contribution in [-0.4, -0.2) is 33.4 Å². The second-order valence-corrected chi connectivity index (χ2v) is 8.94. The normalized spacial score (nSPS) is 12.6. The number of rotatable bonds is 9. The Balaban J connectivity index is 1.64. The molecular weight excluding hydrogens is 428 g/mol. The van der Waals surface area contributed by atoms with Crippen LogP contribution in [0, 0.1) is 0 Å². The zero-order valence-corrected chi connectivity index (χ0v) is 19.0. The van der Waals surface area contributed by atoms with Crippen LogP contribution >= 0.6 is 0 Å². The summed E-state index contributed by atoms with van der Waals surface area (Å²) in [4.78, 5) is 14.4. The van der Waals surface area contributed by atoms with Crippen LogP contribution in [0.5, 0.6) is 5.75 Å². The van der Waals surface area contributed by atoms with Crippen LogP contribution < -0.4 is 9.46 Å². The highest BCUT2D eigenvalue weighted by Crippen LogP contribution is 2.28. The Labute approximate surface area is 188 Å². The van der Waals surface area contributed by atoms with Gasteiger partial charge in [-0.2, -0.15) is 0 Å². The number of para-hydroxylation sites is 1. The Kier molecular flexibility index (Phi) is 7.50. The Morgan fingerprint density at radius 1 is 1.12 bits per heavy atom. The van der Waals surface area contributed by atoms with Crippen molar-refractivity contribution in [1.82, 2.24) is 9.62 Å². The third-order valence-electron chi connectivity index (χ3n) is 5.14. The number of carbonyl (C=O) groups is 1. The van der Waals surface area contributed by atoms with E-state index in [4.69, 9.17) is 9.15 Å². The van der Waals surface area contributed by atoms with E-state index in [1.807, 2.05) is 31.2 Å². The van der Waals surface area contributed by atoms with Gasteiger partial charge >= 0.3 is 0 Å². The number of benzene rings is 2. The summed E-state index contributed by atoms with van der Waals surface area (Å²) in [5.74, 6) is 1.07. The number of hydrogen-bond acceptors (Lipinski definition) is 5. The summed E-state index contributed by atoms with van der Waals surface area (Å²) >= 11 is 0. The maximum atomic E-state index is 12.6. The van der Waals surface area contributed by atoms with Gasteiger partial charge in [-0.05, 0) is 48.9 Å². The summed E-state index contributed by atoms with van der Waals surface area (Å²) in [7, 11) is -0.340. The van der Waals surface area contributed by atoms with Gasteiger partial charge in [0, 0.05) is 18.7 Å². The molecule has 0 aliphatic heterocycles. The van der Waals surface area contributed by atoms with Crippen molar-refractivity contribution in [1.29, 1.82) is 0 Å². The van der Waals surface area contributed by atoms with Crippen molar-refractivity contribution in [3.8, 4) is 5.75 Å². The number of sulfonamides is 1. The van der Waals surface area contributed by atoms with E-state index in [0.29, 0.717) is 11.3 Å². The van der Waals surface area contributed by atoms with Crippen LogP contribution in [0.25, 0.3) is 6.08 Å². The molecule has 1 aromatic heterocycles. The molecule has 1 atom stereocenters. The Morgan fingerprint density at radius 3 is 2.50 bits per heavy atom. The average molecular weight is 455 g/mol. The SMILES string of the molecule is COc1ccccc1C(C)N(C)C(=O)/C=C/c1ccc(S(=O)(=O)NCc2ccco2)cc1. The van der Waals surface area contributed by atoms with E-state index in [2.05, 4.69) is 4.72 Å². The molecule has 7 nitrogen and oxygen atoms in total. The van der Waals surface area contributed by atoms with Gasteiger partial charge in [-0.1, -0.05) is 30.3 Å². The van der Waals surface area contributed by atoms with Crippen molar-refractivity contribution >= 4 is 22.0 Å². The van der Waals surface area contributed by atoms with Gasteiger partial charge in [0.1, 0.15) is 11.5 Å². The maximum absolute atomic E-state index is 12.6. The summed E-state index contributed by atoms with van der Waals surface area (Å²) in [6.45, 7) is 2.00. The number of methoxy groups -OCH3 is 1. The highest BCUT2D eigenvalue weighted by atomic mass is 32.2. The predicted molar refractivity (Wildman–Crippen MR) is 122 cm³/mol. The first-order chi connectivity index (χ1) is 15.3. The van der Waals surface area contributed by atoms with E-state index < -0.39 is 10.0 Å². The first-order valence-corrected chi connectivity index (χ1v) is 11.5. The average Bonchev–Trinajstić information content (AvgIpc) is 3.34. The van der Waals surface area contributed by atoms with E-state index in [0.717, 1.165) is 11.3 Å². The van der Waals surface area contributed by atoms with Crippen LogP contribution in [0.3, 0.4) is 0 Å². The van der Waals surface area contributed by atoms with Gasteiger partial charge in [0.05, 0.1) is 30.9 Å². The molecule has 0 saturated heterocycles. The van der Waals surface area contributed by atoms with Gasteiger partial charge < -0.3 is 14.1 Å². The zero-order valence-electron chi connectivity index (χ0n) is 18.2. The molecule has 0 aliphatic rings. The Hall–Kier alpha value is -3.36. The molecule has 0 saturated carbocycles. The molecular formula is C24H26N2O5S. The predicted octanol–water partition coefficient (Wildman–Crippen LogP) is 4.00. The van der Waals surface area contributed by atoms with Crippen molar-refractivity contribution in [2.45, 2.75) is 24.4 Å². The van der Waals surface area contributed by atoms with Crippen molar-refractivity contribution in [3.05, 3.63) is 89.9 Å². The first kappa shape index (κ1) is 23.3. The lowest BCUT2D eigenvalue weighted by Crippen LogP contribution is -2.28. The molecule has 1 heterocycles. The second-order valence-electron chi connectivity index (χ2n) is 7.17. The number of nitrogens with zero attached hydrogens (tertiary/aromatic N) is 1. The van der Waals surface area contributed by atoms with Crippen LogP contribution in [-0.2, 0) is 21.4 Å². The van der Waals surface area contributed by atoms with Gasteiger partial charge in [0.2, 0.25) is 15.9 Å². The Morgan fingerprint density at radius 2 is 1.84 bits per heavy atom. The van der Waals surface area contributed by atoms with E-state index in [9.17, 15) is 13.2 Å². The molecule has 1 amide bonds. The fraction of sp³-hybridized carbons (Fsp3) is 0.208. The quantitative estimate of drug-likeness (QED) is 0.494. The molecule has 3 aromatic rings. The molecule has 0 fully saturated rings. The lowest BCUT2D eigenvalue weighted by molar-refractivity contribution is -0.126. The molecule has 0 spiro atoms. The summed E-state index contributed by atoms with van der Waals surface area (Å²) in [6, 6.07) is 17.1. The van der Waals surface area contributed by atoms with Crippen molar-refractivity contribution in [3.63, 3.8) is 0 Å². The molecule has 168 valence electrons. The minimum absolute atomic E-state index is 0.0716. The summed E-state index contributed by atoms with van der Waals surface area (Å²) in [6.07, 6.45) is 4.60. The molecule has 0 radical (unpaired) electrons. The smallest absolute Gasteiger partial charge is 0.246 e. The van der Waals surface area contributed by atoms with Crippen molar-refractivity contribution < 1.29 is 22.4 Å². The van der Waals surface area contributed by atoms with Gasteiger partial charge in [-0.25, -0.2) is 13.1 Å². The standard InChI is InChI=1S/C24H26N2O5S/c1-18(22-8-4-5-9-23(22)30-3)26(2)24(27)15-12-19-10-13-21(14-11-19)32(28,29)25-17-20-7-6-16-31-20/h4-16,18,25H,17H2,1-3H3/b15-12+. The maximum Gasteiger partial charge on any atom is 0.246 e. The molecule has 0 bridgehead atoms. The largest absolute Gasteiger partial charge is 0.496 e. The highest BCUT2D eigenvalue weighted by molar-refractivity contribution is 7.89. The monoisotopic (exact) mass is 454 g/mol. The van der Waals surface area contributed by atoms with Crippen molar-refractivity contribution in [2.24, 2.45) is 0 Å². The van der Waals surface area contributed by atoms with E-state index in [-0.39, 0.29) is 23.4 Å². The minimum Gasteiger partial charge on any atom is -0.496 e. The van der Waals surface area contributed by atoms with Gasteiger partial charge in [-0.15, -0.1) is 0 Å². The van der Waals surface area contributed by atoms with E-state index in [1.165, 1.54) is 24.5 Å². The topological polar surface area (TPSA) is 88.8 Å². The van der Waals surface area contributed by atoms with Gasteiger partial charge in [-0.3, -0.25) is 4.79 Å². The number of nitrogens with one attached hydrogen (secondary N) is 1. The molecule has 3 rings (SSSR count). The number of carbonyl (C=O) groups excluding carboxylic acids is 1. The molecule has 2 aromatic carbocycles. The minimum atomic E-state index is -3.67. The summed E-state index contributed by atoms with van der Waals surface area (Å²) < 4.78 is 37.8. The van der Waals surface area contributed by atoms with Crippen LogP contribution in [0.1, 0.15) is 29.9 Å². The van der Waals surface area contributed by atoms with Crippen LogP contribution in [0.15, 0.2) is 82.3 Å². The summed E-state index contributed by atoms with van der Waals surface area (Å²) in [5, 5.41) is 0. The summed E-state index contributed by atoms with van der Waals surface area (Å²) in [5.41, 5.74) is 1.62. The third-order valence-corrected chi connectivity index (χ3v) is 6.56. The third kappa shape index (κ3) is 5.66. The van der Waals surface area contributed by atoms with Crippen molar-refractivity contribution in [2.75, 3.05) is 14.2 Å². The molecule has 32 heavy (non-hydrogen) atoms. The molecule has 0 aliphatic carbocycles. The fourth-order valence-electron chi connectivity index (χ4n) is 3.12. The number of hydrogen-bond donors (Lipinski definition) is 1. The zero-order chi connectivity index (χ0) is 23.1. The number of furan rings is 1. The lowest BCUT2D eigenvalue weighted by Gasteiger charge is -2.25. The highest BCUT2D eigenvalue weighted by Gasteiger charge is 2.19. The number of likely N-dealkylation sites (N-methyl/N-ethyl adjacent to an activating group) is 1. The van der Waals surface area contributed by atoms with E-state index in [1.54, 1.807) is 49.4 Å². The molecule has 8 heteroatoms. The van der Waals surface area contributed by atoms with Gasteiger partial charge in [0.25, 0.3) is 0 Å². The second kappa shape index (κ2) is 10.3. The molecule has 1 unspecified atom stereocenters. The van der Waals surface area contributed by atoms with Crippen LogP contribution in [0.4, 0.5) is 0 Å². The van der Waals surface area contributed by atoms with E-state index >= 15 is 0 Å².